The van der Waals surface area contributed by atoms with Gasteiger partial charge < -0.3 is 9.30 Å². The van der Waals surface area contributed by atoms with Gasteiger partial charge in [-0.05, 0) is 95.1 Å². The first-order valence-electron chi connectivity index (χ1n) is 27.7. The zero-order valence-electron chi connectivity index (χ0n) is 46.2. The molecule has 0 amide bonds. The fourth-order valence-electron chi connectivity index (χ4n) is 12.6. The van der Waals surface area contributed by atoms with Crippen LogP contribution in [0.15, 0.2) is 249 Å². The minimum atomic E-state index is -2.93. The Morgan fingerprint density at radius 1 is 0.457 bits per heavy atom. The average Bonchev–Trinajstić information content (AvgIpc) is 3.45. The molecule has 0 atom stereocenters. The van der Waals surface area contributed by atoms with E-state index < -0.39 is 8.07 Å². The fourth-order valence-corrected chi connectivity index (χ4v) is 17.4. The number of ether oxygens (including phenoxy) is 1. The molecule has 14 rings (SSSR count). The number of imidazole rings is 1. The van der Waals surface area contributed by atoms with E-state index in [4.69, 9.17) is 9.72 Å². The molecule has 1 aliphatic heterocycles. The van der Waals surface area contributed by atoms with E-state index in [2.05, 4.69) is 298 Å². The van der Waals surface area contributed by atoms with E-state index >= 15 is 0 Å². The molecule has 10 aromatic carbocycles. The summed E-state index contributed by atoms with van der Waals surface area (Å²) in [5, 5.41) is 7.57. The Kier molecular flexibility index (Phi) is 12.9. The predicted octanol–water partition coefficient (Wildman–Crippen LogP) is 15.1. The molecule has 0 bridgehead atoms. The Hall–Kier alpha value is -8.67. The minimum Gasteiger partial charge on any atom is -0.509 e. The zero-order valence-corrected chi connectivity index (χ0v) is 49.5. The summed E-state index contributed by atoms with van der Waals surface area (Å²) in [5.41, 5.74) is 15.4. The summed E-state index contributed by atoms with van der Waals surface area (Å²) in [6, 6.07) is 94.3. The number of fused-ring (bicyclic) bond motifs is 10. The first-order chi connectivity index (χ1) is 38.9. The molecule has 394 valence electrons. The van der Waals surface area contributed by atoms with Crippen LogP contribution in [0.5, 0.6) is 11.5 Å². The van der Waals surface area contributed by atoms with E-state index in [0.29, 0.717) is 11.5 Å². The summed E-state index contributed by atoms with van der Waals surface area (Å²) in [6.07, 6.45) is 4.19. The summed E-state index contributed by atoms with van der Waals surface area (Å²) < 4.78 is 13.8. The molecule has 81 heavy (non-hydrogen) atoms. The van der Waals surface area contributed by atoms with E-state index in [1.54, 1.807) is 0 Å². The summed E-state index contributed by atoms with van der Waals surface area (Å²) in [7, 11) is -2.93. The van der Waals surface area contributed by atoms with Crippen LogP contribution in [-0.2, 0) is 31.9 Å². The first-order valence-corrected chi connectivity index (χ1v) is 29.7. The monoisotopic (exact) mass is 1240 g/mol. The van der Waals surface area contributed by atoms with Crippen LogP contribution in [0.4, 0.5) is 0 Å². The summed E-state index contributed by atoms with van der Waals surface area (Å²) >= 11 is 0. The van der Waals surface area contributed by atoms with Crippen molar-refractivity contribution in [3.05, 3.63) is 272 Å². The molecular formula is C74H59N4OPtSi+. The van der Waals surface area contributed by atoms with Gasteiger partial charge in [-0.15, -0.1) is 29.7 Å². The Bertz CT molecular complexity index is 4430. The van der Waals surface area contributed by atoms with Crippen molar-refractivity contribution in [2.45, 2.75) is 52.4 Å². The van der Waals surface area contributed by atoms with Gasteiger partial charge in [-0.2, -0.15) is 16.7 Å². The topological polar surface area (TPSA) is 35.9 Å². The molecule has 0 spiro atoms. The maximum absolute atomic E-state index is 6.83. The van der Waals surface area contributed by atoms with Gasteiger partial charge in [0.15, 0.2) is 19.1 Å². The summed E-state index contributed by atoms with van der Waals surface area (Å²) in [5.74, 6) is 2.03. The molecule has 13 aromatic rings. The maximum atomic E-state index is 6.83. The second kappa shape index (κ2) is 20.1. The third kappa shape index (κ3) is 8.63. The Morgan fingerprint density at radius 2 is 1.04 bits per heavy atom. The van der Waals surface area contributed by atoms with Gasteiger partial charge >= 0.3 is 21.1 Å². The number of rotatable bonds is 8. The number of hydrogen-bond donors (Lipinski definition) is 0. The van der Waals surface area contributed by atoms with Gasteiger partial charge in [-0.25, -0.2) is 9.55 Å². The molecule has 5 nitrogen and oxygen atoms in total. The third-order valence-corrected chi connectivity index (χ3v) is 21.1. The predicted molar refractivity (Wildman–Crippen MR) is 332 cm³/mol. The second-order valence-electron chi connectivity index (χ2n) is 23.2. The van der Waals surface area contributed by atoms with Crippen LogP contribution in [-0.4, -0.2) is 22.2 Å². The van der Waals surface area contributed by atoms with Crippen LogP contribution in [0.1, 0.15) is 52.7 Å². The van der Waals surface area contributed by atoms with Crippen molar-refractivity contribution in [1.29, 1.82) is 0 Å². The number of hydrogen-bond acceptors (Lipinski definition) is 2. The molecule has 0 N–H and O–H groups in total. The number of aromatic nitrogens is 4. The minimum absolute atomic E-state index is 0. The van der Waals surface area contributed by atoms with Crippen molar-refractivity contribution >= 4 is 61.7 Å². The number of nitrogens with zero attached hydrogens (tertiary/aromatic N) is 4. The molecule has 3 aromatic heterocycles. The molecule has 0 saturated carbocycles. The van der Waals surface area contributed by atoms with Crippen LogP contribution >= 0.6 is 0 Å². The zero-order chi connectivity index (χ0) is 54.3. The van der Waals surface area contributed by atoms with Crippen LogP contribution < -0.4 is 30.1 Å². The van der Waals surface area contributed by atoms with E-state index in [1.807, 2.05) is 18.3 Å². The molecule has 0 radical (unpaired) electrons. The largest absolute Gasteiger partial charge is 2.00 e. The molecule has 0 aliphatic carbocycles. The van der Waals surface area contributed by atoms with E-state index in [0.717, 1.165) is 55.6 Å². The van der Waals surface area contributed by atoms with E-state index in [-0.39, 0.29) is 31.9 Å². The van der Waals surface area contributed by atoms with Crippen LogP contribution in [0.2, 0.25) is 0 Å². The number of pyridine rings is 1. The maximum Gasteiger partial charge on any atom is 2.00 e. The molecule has 4 heterocycles. The van der Waals surface area contributed by atoms with Gasteiger partial charge in [-0.3, -0.25) is 0 Å². The van der Waals surface area contributed by atoms with Crippen molar-refractivity contribution in [3.8, 4) is 62.1 Å². The fraction of sp³-hybridized carbons (Fsp3) is 0.108. The van der Waals surface area contributed by atoms with Crippen molar-refractivity contribution in [1.82, 2.24) is 14.1 Å². The van der Waals surface area contributed by atoms with Gasteiger partial charge in [0.1, 0.15) is 11.5 Å². The van der Waals surface area contributed by atoms with Crippen LogP contribution in [0.25, 0.3) is 83.4 Å². The Balaban J connectivity index is 0.00000618. The van der Waals surface area contributed by atoms with Gasteiger partial charge in [0.25, 0.3) is 6.33 Å². The first kappa shape index (κ1) is 51.7. The standard InChI is InChI=1S/C74H59N4OSi.Pt/c1-73(2,3)50-43-44-75-70(45-50)78-67-37-19-18-33-61(67)62-41-39-53(47-69(62)78)79-52-24-20-23-51(46-52)76-49-77-71-64(34-21-36-66(71)74(4,5)6)65-48-57(40-42-60(65)58-31-16-17-32-59(58)63-35-22-38-68(76)72(63)77)80(54-25-10-7-11-26-54,55-27-12-8-13-28-55)56-29-14-9-15-30-56;/h7-45,48-49H,1-6H3;/q-1;+2. The van der Waals surface area contributed by atoms with E-state index in [1.165, 1.54) is 59.7 Å². The molecular weight excluding hydrogens is 1180 g/mol. The molecule has 0 saturated heterocycles. The third-order valence-electron chi connectivity index (χ3n) is 16.3. The van der Waals surface area contributed by atoms with Crippen LogP contribution in [0.3, 0.4) is 0 Å². The smallest absolute Gasteiger partial charge is 0.509 e. The second-order valence-corrected chi connectivity index (χ2v) is 27.0. The van der Waals surface area contributed by atoms with Gasteiger partial charge in [0, 0.05) is 45.6 Å². The molecule has 0 unspecified atom stereocenters. The van der Waals surface area contributed by atoms with Crippen molar-refractivity contribution in [2.24, 2.45) is 0 Å². The normalized spacial score (nSPS) is 12.2. The van der Waals surface area contributed by atoms with Crippen LogP contribution in [0, 0.1) is 12.1 Å². The summed E-state index contributed by atoms with van der Waals surface area (Å²) in [4.78, 5) is 4.91. The van der Waals surface area contributed by atoms with Gasteiger partial charge in [0.05, 0.1) is 0 Å². The van der Waals surface area contributed by atoms with Crippen molar-refractivity contribution in [2.75, 3.05) is 0 Å². The number of benzene rings is 10. The SMILES string of the molecule is CC(C)(C)c1ccnc(-n2c3[c-]c(Oc4[c-]c(-n5c[n+]6c7c(cccc75)-c5ccccc5-c5ccc([Si](c7ccccc7)(c7ccccc7)c7ccccc7)cc5-c5cccc(C(C)(C)C)c5-6)ccc4)ccc3c3ccccc32)c1.[Pt+2]. The Morgan fingerprint density at radius 3 is 1.73 bits per heavy atom. The van der Waals surface area contributed by atoms with Gasteiger partial charge in [0.2, 0.25) is 0 Å². The molecule has 1 aliphatic rings. The average molecular weight is 1240 g/mol. The van der Waals surface area contributed by atoms with Crippen molar-refractivity contribution in [3.63, 3.8) is 0 Å². The van der Waals surface area contributed by atoms with Gasteiger partial charge in [-0.1, -0.05) is 229 Å². The summed E-state index contributed by atoms with van der Waals surface area (Å²) in [6.45, 7) is 13.7. The van der Waals surface area contributed by atoms with Crippen molar-refractivity contribution < 1.29 is 30.4 Å². The number of para-hydroxylation sites is 3. The van der Waals surface area contributed by atoms with E-state index in [9.17, 15) is 0 Å². The molecule has 7 heteroatoms. The quantitative estimate of drug-likeness (QED) is 0.0658. The Labute approximate surface area is 489 Å². The molecule has 0 fully saturated rings.